The zero-order chi connectivity index (χ0) is 14.6. The number of rotatable bonds is 6. The highest BCUT2D eigenvalue weighted by Crippen LogP contribution is 2.26. The highest BCUT2D eigenvalue weighted by atomic mass is 16.6. The number of Topliss-reactive ketones (excluding diaryl/α,β-unsaturated/α-hetero) is 1. The van der Waals surface area contributed by atoms with Gasteiger partial charge in [-0.1, -0.05) is 20.3 Å². The number of ketones is 1. The third-order valence-corrected chi connectivity index (χ3v) is 3.28. The molecule has 0 spiro atoms. The summed E-state index contributed by atoms with van der Waals surface area (Å²) in [6, 6.07) is 4.76. The number of nitro benzene ring substituents is 1. The van der Waals surface area contributed by atoms with Crippen molar-refractivity contribution in [3.05, 3.63) is 33.9 Å². The molecule has 104 valence electrons. The van der Waals surface area contributed by atoms with Crippen molar-refractivity contribution in [2.45, 2.75) is 27.2 Å². The molecule has 1 aromatic rings. The summed E-state index contributed by atoms with van der Waals surface area (Å²) in [5.41, 5.74) is 0.795. The summed E-state index contributed by atoms with van der Waals surface area (Å²) in [7, 11) is 1.90. The van der Waals surface area contributed by atoms with Gasteiger partial charge in [-0.2, -0.15) is 0 Å². The van der Waals surface area contributed by atoms with E-state index in [0.29, 0.717) is 5.92 Å². The van der Waals surface area contributed by atoms with Crippen LogP contribution in [0.25, 0.3) is 0 Å². The maximum atomic E-state index is 11.4. The van der Waals surface area contributed by atoms with Crippen LogP contribution in [0.4, 0.5) is 11.4 Å². The van der Waals surface area contributed by atoms with E-state index in [1.54, 1.807) is 6.07 Å². The minimum absolute atomic E-state index is 0.124. The molecule has 0 aliphatic rings. The fraction of sp³-hybridized carbons (Fsp3) is 0.500. The topological polar surface area (TPSA) is 63.5 Å². The maximum Gasteiger partial charge on any atom is 0.282 e. The van der Waals surface area contributed by atoms with Crippen molar-refractivity contribution in [1.82, 2.24) is 0 Å². The Labute approximate surface area is 113 Å². The van der Waals surface area contributed by atoms with Gasteiger partial charge in [-0.05, 0) is 25.0 Å². The highest BCUT2D eigenvalue weighted by Gasteiger charge is 2.19. The molecule has 0 amide bonds. The van der Waals surface area contributed by atoms with Gasteiger partial charge in [-0.15, -0.1) is 0 Å². The maximum absolute atomic E-state index is 11.4. The summed E-state index contributed by atoms with van der Waals surface area (Å²) in [6.07, 6.45) is 1.05. The summed E-state index contributed by atoms with van der Waals surface area (Å²) in [5.74, 6) is 0.222. The van der Waals surface area contributed by atoms with E-state index in [0.717, 1.165) is 18.7 Å². The molecule has 1 atom stereocenters. The van der Waals surface area contributed by atoms with Crippen molar-refractivity contribution in [3.8, 4) is 0 Å². The second kappa shape index (κ2) is 6.31. The molecule has 1 rings (SSSR count). The Bertz CT molecular complexity index is 486. The molecule has 0 N–H and O–H groups in total. The fourth-order valence-electron chi connectivity index (χ4n) is 1.91. The van der Waals surface area contributed by atoms with Gasteiger partial charge in [-0.25, -0.2) is 0 Å². The predicted octanol–water partition coefficient (Wildman–Crippen LogP) is 3.28. The lowest BCUT2D eigenvalue weighted by Crippen LogP contribution is -2.23. The van der Waals surface area contributed by atoms with E-state index in [-0.39, 0.29) is 17.0 Å². The van der Waals surface area contributed by atoms with Crippen LogP contribution in [-0.4, -0.2) is 24.3 Å². The number of hydrogen-bond donors (Lipinski definition) is 0. The zero-order valence-electron chi connectivity index (χ0n) is 11.8. The van der Waals surface area contributed by atoms with Gasteiger partial charge in [0.05, 0.1) is 10.5 Å². The van der Waals surface area contributed by atoms with Crippen LogP contribution < -0.4 is 4.90 Å². The molecule has 5 nitrogen and oxygen atoms in total. The lowest BCUT2D eigenvalue weighted by atomic mass is 10.1. The van der Waals surface area contributed by atoms with E-state index in [4.69, 9.17) is 0 Å². The largest absolute Gasteiger partial charge is 0.374 e. The van der Waals surface area contributed by atoms with Crippen molar-refractivity contribution in [2.24, 2.45) is 5.92 Å². The first-order valence-corrected chi connectivity index (χ1v) is 6.37. The smallest absolute Gasteiger partial charge is 0.282 e. The Hall–Kier alpha value is -1.91. The summed E-state index contributed by atoms with van der Waals surface area (Å²) in [5, 5.41) is 11.0. The van der Waals surface area contributed by atoms with E-state index in [1.807, 2.05) is 11.9 Å². The van der Waals surface area contributed by atoms with Crippen molar-refractivity contribution in [2.75, 3.05) is 18.5 Å². The summed E-state index contributed by atoms with van der Waals surface area (Å²) >= 11 is 0. The number of nitro groups is 1. The summed E-state index contributed by atoms with van der Waals surface area (Å²) < 4.78 is 0. The van der Waals surface area contributed by atoms with Gasteiger partial charge in [0.15, 0.2) is 5.78 Å². The van der Waals surface area contributed by atoms with Gasteiger partial charge >= 0.3 is 0 Å². The second-order valence-electron chi connectivity index (χ2n) is 4.91. The molecule has 1 aromatic carbocycles. The first-order chi connectivity index (χ1) is 8.86. The van der Waals surface area contributed by atoms with Crippen LogP contribution in [0.5, 0.6) is 0 Å². The molecule has 0 radical (unpaired) electrons. The van der Waals surface area contributed by atoms with E-state index in [2.05, 4.69) is 13.8 Å². The minimum Gasteiger partial charge on any atom is -0.374 e. The first kappa shape index (κ1) is 15.1. The van der Waals surface area contributed by atoms with Crippen LogP contribution in [-0.2, 0) is 0 Å². The molecule has 1 unspecified atom stereocenters. The van der Waals surface area contributed by atoms with Gasteiger partial charge in [-0.3, -0.25) is 14.9 Å². The number of carbonyl (C=O) groups excluding carboxylic acids is 1. The predicted molar refractivity (Wildman–Crippen MR) is 75.8 cm³/mol. The SMILES string of the molecule is CCC(C)CN(C)c1ccc(C(C)=O)c([N+](=O)[O-])c1. The Balaban J connectivity index is 3.08. The standard InChI is InChI=1S/C14H20N2O3/c1-5-10(2)9-15(4)12-6-7-13(11(3)17)14(8-12)16(18)19/h6-8,10H,5,9H2,1-4H3. The third kappa shape index (κ3) is 3.77. The number of hydrogen-bond acceptors (Lipinski definition) is 4. The Morgan fingerprint density at radius 2 is 2.11 bits per heavy atom. The molecule has 0 aliphatic carbocycles. The molecule has 0 bridgehead atoms. The Kier molecular flexibility index (Phi) is 5.03. The number of anilines is 1. The van der Waals surface area contributed by atoms with Crippen LogP contribution in [0.2, 0.25) is 0 Å². The van der Waals surface area contributed by atoms with Crippen LogP contribution in [0.1, 0.15) is 37.6 Å². The number of carbonyl (C=O) groups is 1. The van der Waals surface area contributed by atoms with Crippen LogP contribution in [0.3, 0.4) is 0 Å². The van der Waals surface area contributed by atoms with Gasteiger partial charge in [0.1, 0.15) is 0 Å². The number of nitrogens with zero attached hydrogens (tertiary/aromatic N) is 2. The summed E-state index contributed by atoms with van der Waals surface area (Å²) in [6.45, 7) is 6.41. The molecule has 0 aromatic heterocycles. The number of benzene rings is 1. The lowest BCUT2D eigenvalue weighted by molar-refractivity contribution is -0.385. The van der Waals surface area contributed by atoms with Crippen LogP contribution >= 0.6 is 0 Å². The lowest BCUT2D eigenvalue weighted by Gasteiger charge is -2.22. The molecule has 0 heterocycles. The summed E-state index contributed by atoms with van der Waals surface area (Å²) in [4.78, 5) is 23.8. The normalized spacial score (nSPS) is 12.0. The minimum atomic E-state index is -0.503. The average molecular weight is 264 g/mol. The van der Waals surface area contributed by atoms with E-state index in [9.17, 15) is 14.9 Å². The van der Waals surface area contributed by atoms with Crippen LogP contribution in [0.15, 0.2) is 18.2 Å². The molecular weight excluding hydrogens is 244 g/mol. The fourth-order valence-corrected chi connectivity index (χ4v) is 1.91. The Morgan fingerprint density at radius 3 is 2.58 bits per heavy atom. The van der Waals surface area contributed by atoms with Gasteiger partial charge < -0.3 is 4.90 Å². The van der Waals surface area contributed by atoms with E-state index in [1.165, 1.54) is 19.1 Å². The molecule has 0 aliphatic heterocycles. The van der Waals surface area contributed by atoms with Gasteiger partial charge in [0.25, 0.3) is 5.69 Å². The Morgan fingerprint density at radius 1 is 1.47 bits per heavy atom. The van der Waals surface area contributed by atoms with E-state index < -0.39 is 4.92 Å². The average Bonchev–Trinajstić information content (AvgIpc) is 2.37. The molecule has 5 heteroatoms. The van der Waals surface area contributed by atoms with Gasteiger partial charge in [0, 0.05) is 25.3 Å². The molecule has 0 saturated carbocycles. The van der Waals surface area contributed by atoms with E-state index >= 15 is 0 Å². The van der Waals surface area contributed by atoms with Crippen molar-refractivity contribution < 1.29 is 9.72 Å². The van der Waals surface area contributed by atoms with Crippen molar-refractivity contribution in [3.63, 3.8) is 0 Å². The van der Waals surface area contributed by atoms with Crippen molar-refractivity contribution in [1.29, 1.82) is 0 Å². The molecule has 0 fully saturated rings. The first-order valence-electron chi connectivity index (χ1n) is 6.37. The monoisotopic (exact) mass is 264 g/mol. The molecular formula is C14H20N2O3. The van der Waals surface area contributed by atoms with Crippen LogP contribution in [0, 0.1) is 16.0 Å². The second-order valence-corrected chi connectivity index (χ2v) is 4.91. The zero-order valence-corrected chi connectivity index (χ0v) is 11.8. The third-order valence-electron chi connectivity index (χ3n) is 3.28. The van der Waals surface area contributed by atoms with Gasteiger partial charge in [0.2, 0.25) is 0 Å². The molecule has 19 heavy (non-hydrogen) atoms. The highest BCUT2D eigenvalue weighted by molar-refractivity contribution is 5.98. The quantitative estimate of drug-likeness (QED) is 0.449. The van der Waals surface area contributed by atoms with Crippen molar-refractivity contribution >= 4 is 17.2 Å². The molecule has 0 saturated heterocycles.